The molecule has 2 fully saturated rings. The summed E-state index contributed by atoms with van der Waals surface area (Å²) in [5, 5.41) is 0.626. The van der Waals surface area contributed by atoms with Gasteiger partial charge in [0.1, 0.15) is 0 Å². The summed E-state index contributed by atoms with van der Waals surface area (Å²) >= 11 is 5.95. The van der Waals surface area contributed by atoms with Crippen LogP contribution in [-0.4, -0.2) is 43.4 Å². The molecule has 0 saturated carbocycles. The number of benzene rings is 1. The lowest BCUT2D eigenvalue weighted by atomic mass is 10.2. The summed E-state index contributed by atoms with van der Waals surface area (Å²) < 4.78 is 0. The van der Waals surface area contributed by atoms with Crippen LogP contribution >= 0.6 is 11.6 Å². The molecule has 0 aliphatic carbocycles. The lowest BCUT2D eigenvalue weighted by Gasteiger charge is -2.25. The zero-order valence-corrected chi connectivity index (χ0v) is 11.8. The Morgan fingerprint density at radius 2 is 2.00 bits per heavy atom. The molecule has 2 aliphatic rings. The Balaban J connectivity index is 1.75. The maximum atomic E-state index is 11.2. The van der Waals surface area contributed by atoms with Crippen molar-refractivity contribution < 1.29 is 4.79 Å². The molecule has 0 amide bonds. The Hall–Kier alpha value is -1.06. The van der Waals surface area contributed by atoms with E-state index in [1.54, 1.807) is 6.07 Å². The summed E-state index contributed by atoms with van der Waals surface area (Å²) in [5.41, 5.74) is 1.73. The molecule has 2 heterocycles. The van der Waals surface area contributed by atoms with E-state index >= 15 is 0 Å². The zero-order valence-electron chi connectivity index (χ0n) is 11.0. The monoisotopic (exact) mass is 278 g/mol. The summed E-state index contributed by atoms with van der Waals surface area (Å²) in [6, 6.07) is 6.25. The third-order valence-electron chi connectivity index (χ3n) is 4.28. The first kappa shape index (κ1) is 12.9. The number of carbonyl (C=O) groups is 1. The van der Waals surface area contributed by atoms with Crippen LogP contribution in [0.3, 0.4) is 0 Å². The van der Waals surface area contributed by atoms with Crippen molar-refractivity contribution in [1.29, 1.82) is 0 Å². The van der Waals surface area contributed by atoms with E-state index in [1.807, 2.05) is 12.1 Å². The minimum Gasteiger partial charge on any atom is -0.369 e. The fourth-order valence-corrected chi connectivity index (χ4v) is 3.45. The molecule has 0 bridgehead atoms. The van der Waals surface area contributed by atoms with Crippen LogP contribution in [0.2, 0.25) is 5.02 Å². The fourth-order valence-electron chi connectivity index (χ4n) is 3.27. The van der Waals surface area contributed by atoms with Crippen LogP contribution in [0.5, 0.6) is 0 Å². The number of anilines is 1. The largest absolute Gasteiger partial charge is 0.369 e. The molecule has 1 aromatic rings. The molecular weight excluding hydrogens is 260 g/mol. The lowest BCUT2D eigenvalue weighted by molar-refractivity contribution is 0.112. The Kier molecular flexibility index (Phi) is 3.76. The standard InChI is InChI=1S/C15H19ClN2O/c16-13-3-4-15(12(9-13)11-19)18-8-5-14(10-18)17-6-1-2-7-17/h3-4,9,11,14H,1-2,5-8,10H2. The first-order valence-corrected chi connectivity index (χ1v) is 7.39. The van der Waals surface area contributed by atoms with E-state index in [2.05, 4.69) is 9.80 Å². The number of nitrogens with zero attached hydrogens (tertiary/aromatic N) is 2. The second-order valence-electron chi connectivity index (χ2n) is 5.45. The molecule has 0 spiro atoms. The van der Waals surface area contributed by atoms with Crippen LogP contribution in [0.25, 0.3) is 0 Å². The summed E-state index contributed by atoms with van der Waals surface area (Å²) in [4.78, 5) is 16.1. The van der Waals surface area contributed by atoms with Crippen molar-refractivity contribution in [1.82, 2.24) is 4.90 Å². The number of rotatable bonds is 3. The number of likely N-dealkylation sites (tertiary alicyclic amines) is 1. The van der Waals surface area contributed by atoms with Crippen molar-refractivity contribution >= 4 is 23.6 Å². The Labute approximate surface area is 119 Å². The maximum Gasteiger partial charge on any atom is 0.152 e. The van der Waals surface area contributed by atoms with Crippen LogP contribution in [0.1, 0.15) is 29.6 Å². The number of hydrogen-bond acceptors (Lipinski definition) is 3. The Morgan fingerprint density at radius 1 is 1.21 bits per heavy atom. The summed E-state index contributed by atoms with van der Waals surface area (Å²) in [6.45, 7) is 4.53. The number of carbonyl (C=O) groups excluding carboxylic acids is 1. The van der Waals surface area contributed by atoms with Gasteiger partial charge >= 0.3 is 0 Å². The highest BCUT2D eigenvalue weighted by molar-refractivity contribution is 6.31. The van der Waals surface area contributed by atoms with Gasteiger partial charge in [0, 0.05) is 35.4 Å². The molecule has 2 saturated heterocycles. The highest BCUT2D eigenvalue weighted by Gasteiger charge is 2.30. The van der Waals surface area contributed by atoms with Gasteiger partial charge in [0.2, 0.25) is 0 Å². The number of hydrogen-bond donors (Lipinski definition) is 0. The smallest absolute Gasteiger partial charge is 0.152 e. The first-order chi connectivity index (χ1) is 9.28. The topological polar surface area (TPSA) is 23.6 Å². The first-order valence-electron chi connectivity index (χ1n) is 7.01. The van der Waals surface area contributed by atoms with Gasteiger partial charge in [-0.15, -0.1) is 0 Å². The van der Waals surface area contributed by atoms with Gasteiger partial charge in [0.25, 0.3) is 0 Å². The second-order valence-corrected chi connectivity index (χ2v) is 5.89. The molecule has 0 N–H and O–H groups in total. The molecule has 1 atom stereocenters. The van der Waals surface area contributed by atoms with Crippen molar-refractivity contribution in [2.24, 2.45) is 0 Å². The molecule has 0 aromatic heterocycles. The van der Waals surface area contributed by atoms with Crippen molar-refractivity contribution in [2.75, 3.05) is 31.1 Å². The molecule has 3 nitrogen and oxygen atoms in total. The minimum absolute atomic E-state index is 0.626. The highest BCUT2D eigenvalue weighted by atomic mass is 35.5. The van der Waals surface area contributed by atoms with Gasteiger partial charge in [-0.3, -0.25) is 9.69 Å². The Bertz CT molecular complexity index is 471. The van der Waals surface area contributed by atoms with Crippen molar-refractivity contribution in [2.45, 2.75) is 25.3 Å². The van der Waals surface area contributed by atoms with Crippen LogP contribution in [0.4, 0.5) is 5.69 Å². The predicted molar refractivity (Wildman–Crippen MR) is 78.3 cm³/mol. The summed E-state index contributed by atoms with van der Waals surface area (Å²) in [5.74, 6) is 0. The van der Waals surface area contributed by atoms with Gasteiger partial charge in [-0.2, -0.15) is 0 Å². The fraction of sp³-hybridized carbons (Fsp3) is 0.533. The van der Waals surface area contributed by atoms with Crippen LogP contribution in [-0.2, 0) is 0 Å². The Morgan fingerprint density at radius 3 is 2.74 bits per heavy atom. The van der Waals surface area contributed by atoms with Crippen LogP contribution in [0.15, 0.2) is 18.2 Å². The van der Waals surface area contributed by atoms with E-state index in [4.69, 9.17) is 11.6 Å². The number of aldehydes is 1. The van der Waals surface area contributed by atoms with Crippen LogP contribution < -0.4 is 4.90 Å². The van der Waals surface area contributed by atoms with E-state index in [0.717, 1.165) is 25.1 Å². The normalized spacial score (nSPS) is 24.1. The average Bonchev–Trinajstić information content (AvgIpc) is 3.09. The van der Waals surface area contributed by atoms with Crippen molar-refractivity contribution in [3.8, 4) is 0 Å². The molecule has 19 heavy (non-hydrogen) atoms. The SMILES string of the molecule is O=Cc1cc(Cl)ccc1N1CCC(N2CCCC2)C1. The third kappa shape index (κ3) is 2.63. The number of halogens is 1. The van der Waals surface area contributed by atoms with Crippen LogP contribution in [0, 0.1) is 0 Å². The maximum absolute atomic E-state index is 11.2. The lowest BCUT2D eigenvalue weighted by Crippen LogP contribution is -2.35. The predicted octanol–water partition coefficient (Wildman–Crippen LogP) is 2.83. The van der Waals surface area contributed by atoms with Crippen molar-refractivity contribution in [3.05, 3.63) is 28.8 Å². The molecule has 1 aromatic carbocycles. The van der Waals surface area contributed by atoms with Gasteiger partial charge in [-0.1, -0.05) is 11.6 Å². The van der Waals surface area contributed by atoms with Gasteiger partial charge in [-0.05, 0) is 50.6 Å². The van der Waals surface area contributed by atoms with Gasteiger partial charge in [0.15, 0.2) is 6.29 Å². The van der Waals surface area contributed by atoms with E-state index in [1.165, 1.54) is 32.4 Å². The molecule has 0 radical (unpaired) electrons. The minimum atomic E-state index is 0.626. The average molecular weight is 279 g/mol. The van der Waals surface area contributed by atoms with Crippen molar-refractivity contribution in [3.63, 3.8) is 0 Å². The molecule has 4 heteroatoms. The second kappa shape index (κ2) is 5.51. The van der Waals surface area contributed by atoms with E-state index in [0.29, 0.717) is 16.6 Å². The van der Waals surface area contributed by atoms with Gasteiger partial charge in [-0.25, -0.2) is 0 Å². The van der Waals surface area contributed by atoms with Gasteiger partial charge in [0.05, 0.1) is 0 Å². The summed E-state index contributed by atoms with van der Waals surface area (Å²) in [7, 11) is 0. The van der Waals surface area contributed by atoms with E-state index < -0.39 is 0 Å². The highest BCUT2D eigenvalue weighted by Crippen LogP contribution is 2.28. The zero-order chi connectivity index (χ0) is 13.2. The molecule has 102 valence electrons. The molecular formula is C15H19ClN2O. The van der Waals surface area contributed by atoms with Gasteiger partial charge < -0.3 is 4.90 Å². The molecule has 3 rings (SSSR count). The quantitative estimate of drug-likeness (QED) is 0.795. The third-order valence-corrected chi connectivity index (χ3v) is 4.51. The molecule has 1 unspecified atom stereocenters. The van der Waals surface area contributed by atoms with E-state index in [9.17, 15) is 4.79 Å². The van der Waals surface area contributed by atoms with E-state index in [-0.39, 0.29) is 0 Å². The summed E-state index contributed by atoms with van der Waals surface area (Å²) in [6.07, 6.45) is 4.76. The molecule has 2 aliphatic heterocycles.